The number of nitro benzene ring substituents is 1. The van der Waals surface area contributed by atoms with Gasteiger partial charge in [0, 0.05) is 31.4 Å². The van der Waals surface area contributed by atoms with Gasteiger partial charge in [0.25, 0.3) is 11.6 Å². The Labute approximate surface area is 322 Å². The number of nitro groups is 1. The maximum atomic E-state index is 13.7. The molecule has 292 valence electrons. The fourth-order valence-electron chi connectivity index (χ4n) is 6.19. The van der Waals surface area contributed by atoms with Crippen molar-refractivity contribution in [3.63, 3.8) is 0 Å². The van der Waals surface area contributed by atoms with Gasteiger partial charge < -0.3 is 40.8 Å². The normalized spacial score (nSPS) is 12.6. The van der Waals surface area contributed by atoms with Crippen LogP contribution in [0.4, 0.5) is 25.8 Å². The highest BCUT2D eigenvalue weighted by Gasteiger charge is 2.37. The van der Waals surface area contributed by atoms with E-state index in [1.54, 1.807) is 45.2 Å². The van der Waals surface area contributed by atoms with E-state index in [4.69, 9.17) is 19.9 Å². The van der Waals surface area contributed by atoms with Gasteiger partial charge in [0.15, 0.2) is 6.10 Å². The van der Waals surface area contributed by atoms with Gasteiger partial charge in [0.05, 0.1) is 11.0 Å². The number of carbonyl (C=O) groups is 5. The van der Waals surface area contributed by atoms with Crippen LogP contribution in [-0.4, -0.2) is 65.7 Å². The van der Waals surface area contributed by atoms with E-state index >= 15 is 0 Å². The predicted molar refractivity (Wildman–Crippen MR) is 204 cm³/mol. The van der Waals surface area contributed by atoms with Crippen molar-refractivity contribution in [2.24, 2.45) is 11.7 Å². The number of nitrogens with one attached hydrogen (secondary N) is 3. The highest BCUT2D eigenvalue weighted by molar-refractivity contribution is 5.98. The minimum absolute atomic E-state index is 0.0670. The van der Waals surface area contributed by atoms with Crippen molar-refractivity contribution >= 4 is 41.5 Å². The summed E-state index contributed by atoms with van der Waals surface area (Å²) in [4.78, 5) is 76.0. The number of rotatable bonds is 15. The van der Waals surface area contributed by atoms with E-state index in [0.29, 0.717) is 11.3 Å². The molecule has 0 bridgehead atoms. The number of nitrogens with zero attached hydrogens (tertiary/aromatic N) is 2. The predicted octanol–water partition coefficient (Wildman–Crippen LogP) is 6.05. The molecule has 0 saturated carbocycles. The molecule has 5 N–H and O–H groups in total. The van der Waals surface area contributed by atoms with Crippen molar-refractivity contribution in [3.8, 4) is 16.9 Å². The van der Waals surface area contributed by atoms with Crippen LogP contribution in [0.5, 0.6) is 5.75 Å². The summed E-state index contributed by atoms with van der Waals surface area (Å²) in [5.41, 5.74) is 9.84. The van der Waals surface area contributed by atoms with Crippen LogP contribution < -0.4 is 26.4 Å². The Bertz CT molecular complexity index is 2030. The van der Waals surface area contributed by atoms with E-state index < -0.39 is 59.1 Å². The molecule has 1 aliphatic carbocycles. The van der Waals surface area contributed by atoms with Gasteiger partial charge in [0.2, 0.25) is 5.91 Å². The summed E-state index contributed by atoms with van der Waals surface area (Å²) < 4.78 is 16.0. The number of carbonyl (C=O) groups excluding carboxylic acids is 5. The van der Waals surface area contributed by atoms with Crippen molar-refractivity contribution in [1.82, 2.24) is 15.5 Å². The number of amides is 5. The van der Waals surface area contributed by atoms with Crippen LogP contribution in [0.2, 0.25) is 0 Å². The molecule has 2 atom stereocenters. The van der Waals surface area contributed by atoms with Crippen LogP contribution in [0.1, 0.15) is 49.4 Å². The molecule has 0 heterocycles. The Hall–Kier alpha value is -6.97. The van der Waals surface area contributed by atoms with E-state index in [0.717, 1.165) is 22.3 Å². The van der Waals surface area contributed by atoms with Gasteiger partial charge in [-0.1, -0.05) is 74.5 Å². The zero-order valence-corrected chi connectivity index (χ0v) is 30.9. The summed E-state index contributed by atoms with van der Waals surface area (Å²) >= 11 is 0. The lowest BCUT2D eigenvalue weighted by atomic mass is 10.0. The molecule has 1 aliphatic rings. The smallest absolute Gasteiger partial charge is 0.436 e. The van der Waals surface area contributed by atoms with E-state index in [1.807, 2.05) is 48.5 Å². The number of benzene rings is 4. The fourth-order valence-corrected chi connectivity index (χ4v) is 6.19. The molecular formula is C40H42N6O10. The molecule has 56 heavy (non-hydrogen) atoms. The third kappa shape index (κ3) is 10.2. The number of hydrogen-bond donors (Lipinski definition) is 4. The van der Waals surface area contributed by atoms with Gasteiger partial charge in [-0.25, -0.2) is 14.4 Å². The summed E-state index contributed by atoms with van der Waals surface area (Å²) in [6.45, 7) is 3.43. The number of nitrogens with two attached hydrogens (primary N) is 1. The summed E-state index contributed by atoms with van der Waals surface area (Å²) in [5.74, 6) is -1.64. The quantitative estimate of drug-likeness (QED) is 0.0361. The first kappa shape index (κ1) is 40.2. The van der Waals surface area contributed by atoms with E-state index in [9.17, 15) is 34.1 Å². The first-order valence-corrected chi connectivity index (χ1v) is 17.8. The molecule has 4 aromatic rings. The Kier molecular flexibility index (Phi) is 13.2. The van der Waals surface area contributed by atoms with Crippen LogP contribution in [0.3, 0.4) is 0 Å². The van der Waals surface area contributed by atoms with Crippen molar-refractivity contribution in [1.29, 1.82) is 0 Å². The lowest BCUT2D eigenvalue weighted by Crippen LogP contribution is -2.51. The van der Waals surface area contributed by atoms with Crippen LogP contribution in [0.15, 0.2) is 97.1 Å². The maximum absolute atomic E-state index is 13.7. The average Bonchev–Trinajstić information content (AvgIpc) is 3.51. The molecule has 4 aromatic carbocycles. The largest absolute Gasteiger partial charge is 0.514 e. The monoisotopic (exact) mass is 766 g/mol. The van der Waals surface area contributed by atoms with Crippen molar-refractivity contribution in [2.45, 2.75) is 51.5 Å². The SMILES string of the molecule is CC(C)[C@H](OC(=O)N(C)C1c2ccccc2-c2ccccc21)C(=O)N[C@@H](CCCNC(N)=O)C(=O)Nc1ccc(COC(=O)Oc2ccc([N+](=O)[O-])cc2)cc1. The minimum atomic E-state index is -1.25. The molecule has 0 fully saturated rings. The highest BCUT2D eigenvalue weighted by atomic mass is 16.7. The lowest BCUT2D eigenvalue weighted by Gasteiger charge is -2.30. The van der Waals surface area contributed by atoms with Gasteiger partial charge >= 0.3 is 18.3 Å². The zero-order chi connectivity index (χ0) is 40.4. The first-order valence-electron chi connectivity index (χ1n) is 17.8. The number of urea groups is 1. The molecule has 0 spiro atoms. The van der Waals surface area contributed by atoms with Crippen molar-refractivity contribution < 1.29 is 43.1 Å². The minimum Gasteiger partial charge on any atom is -0.436 e. The maximum Gasteiger partial charge on any atom is 0.514 e. The van der Waals surface area contributed by atoms with Gasteiger partial charge in [-0.05, 0) is 70.8 Å². The Morgan fingerprint density at radius 2 is 1.46 bits per heavy atom. The van der Waals surface area contributed by atoms with Gasteiger partial charge in [-0.3, -0.25) is 19.7 Å². The Morgan fingerprint density at radius 1 is 0.857 bits per heavy atom. The molecule has 16 nitrogen and oxygen atoms in total. The standard InChI is InChI=1S/C40H42N6O10/c1-24(2)35(56-39(50)45(3)34-31-11-6-4-9-29(31)30-10-5-7-12-32(30)34)37(48)44-33(13-8-22-42-38(41)49)36(47)43-26-16-14-25(15-17-26)23-54-40(51)55-28-20-18-27(19-21-28)46(52)53/h4-7,9-12,14-21,24,33-35H,8,13,22-23H2,1-3H3,(H,43,47)(H,44,48)(H3,41,42,49)/t33-,35-/m0/s1. The lowest BCUT2D eigenvalue weighted by molar-refractivity contribution is -0.384. The van der Waals surface area contributed by atoms with Gasteiger partial charge in [0.1, 0.15) is 18.4 Å². The second kappa shape index (κ2) is 18.4. The number of ether oxygens (including phenoxy) is 3. The molecular weight excluding hydrogens is 724 g/mol. The zero-order valence-electron chi connectivity index (χ0n) is 30.9. The number of non-ortho nitro benzene ring substituents is 1. The highest BCUT2D eigenvalue weighted by Crippen LogP contribution is 2.46. The number of fused-ring (bicyclic) bond motifs is 3. The molecule has 5 amide bonds. The Balaban J connectivity index is 1.20. The Morgan fingerprint density at radius 3 is 2.04 bits per heavy atom. The molecule has 0 radical (unpaired) electrons. The molecule has 0 saturated heterocycles. The third-order valence-electron chi connectivity index (χ3n) is 9.00. The molecule has 5 rings (SSSR count). The summed E-state index contributed by atoms with van der Waals surface area (Å²) in [6, 6.07) is 24.6. The first-order chi connectivity index (χ1) is 26.8. The molecule has 0 aliphatic heterocycles. The second-order valence-electron chi connectivity index (χ2n) is 13.3. The van der Waals surface area contributed by atoms with Gasteiger partial charge in [-0.15, -0.1) is 0 Å². The van der Waals surface area contributed by atoms with Crippen LogP contribution in [0.25, 0.3) is 11.1 Å². The molecule has 0 unspecified atom stereocenters. The van der Waals surface area contributed by atoms with Gasteiger partial charge in [-0.2, -0.15) is 0 Å². The number of hydrogen-bond acceptors (Lipinski definition) is 10. The number of primary amides is 1. The van der Waals surface area contributed by atoms with E-state index in [1.165, 1.54) is 29.2 Å². The number of anilines is 1. The van der Waals surface area contributed by atoms with E-state index in [-0.39, 0.29) is 37.4 Å². The fraction of sp³-hybridized carbons (Fsp3) is 0.275. The van der Waals surface area contributed by atoms with Crippen molar-refractivity contribution in [3.05, 3.63) is 124 Å². The van der Waals surface area contributed by atoms with Crippen LogP contribution in [-0.2, 0) is 25.7 Å². The van der Waals surface area contributed by atoms with E-state index in [2.05, 4.69) is 16.0 Å². The van der Waals surface area contributed by atoms with Crippen LogP contribution in [0, 0.1) is 16.0 Å². The average molecular weight is 767 g/mol. The molecule has 0 aromatic heterocycles. The summed E-state index contributed by atoms with van der Waals surface area (Å²) in [7, 11) is 1.62. The molecule has 16 heteroatoms. The summed E-state index contributed by atoms with van der Waals surface area (Å²) in [6.07, 6.45) is -2.60. The third-order valence-corrected chi connectivity index (χ3v) is 9.00. The van der Waals surface area contributed by atoms with Crippen LogP contribution >= 0.6 is 0 Å². The topological polar surface area (TPSA) is 222 Å². The summed E-state index contributed by atoms with van der Waals surface area (Å²) in [5, 5.41) is 18.8. The second-order valence-corrected chi connectivity index (χ2v) is 13.3. The van der Waals surface area contributed by atoms with Crippen molar-refractivity contribution in [2.75, 3.05) is 18.9 Å².